The van der Waals surface area contributed by atoms with Crippen LogP contribution in [0.4, 0.5) is 5.69 Å². The van der Waals surface area contributed by atoms with Crippen molar-refractivity contribution in [2.75, 3.05) is 33.0 Å². The second-order valence-corrected chi connectivity index (χ2v) is 6.53. The van der Waals surface area contributed by atoms with Crippen molar-refractivity contribution < 1.29 is 4.79 Å². The fourth-order valence-corrected chi connectivity index (χ4v) is 2.96. The highest BCUT2D eigenvalue weighted by Gasteiger charge is 2.28. The van der Waals surface area contributed by atoms with Crippen LogP contribution in [0.25, 0.3) is 0 Å². The van der Waals surface area contributed by atoms with E-state index >= 15 is 0 Å². The third-order valence-electron chi connectivity index (χ3n) is 4.48. The Morgan fingerprint density at radius 2 is 2.05 bits per heavy atom. The summed E-state index contributed by atoms with van der Waals surface area (Å²) in [4.78, 5) is 16.1. The Morgan fingerprint density at radius 3 is 2.71 bits per heavy atom. The molecule has 1 heterocycles. The second kappa shape index (κ2) is 6.48. The molecule has 2 rings (SSSR count). The van der Waals surface area contributed by atoms with Gasteiger partial charge in [-0.15, -0.1) is 0 Å². The van der Waals surface area contributed by atoms with E-state index in [2.05, 4.69) is 31.1 Å². The van der Waals surface area contributed by atoms with Crippen LogP contribution in [0.1, 0.15) is 30.6 Å². The molecule has 0 spiro atoms. The summed E-state index contributed by atoms with van der Waals surface area (Å²) in [6, 6.07) is 8.86. The van der Waals surface area contributed by atoms with E-state index in [-0.39, 0.29) is 5.91 Å². The van der Waals surface area contributed by atoms with Crippen molar-refractivity contribution in [2.45, 2.75) is 32.4 Å². The van der Waals surface area contributed by atoms with Crippen LogP contribution in [0.5, 0.6) is 0 Å². The lowest BCUT2D eigenvalue weighted by atomic mass is 9.89. The van der Waals surface area contributed by atoms with Gasteiger partial charge in [0.1, 0.15) is 0 Å². The van der Waals surface area contributed by atoms with Gasteiger partial charge in [0.2, 0.25) is 0 Å². The number of benzene rings is 1. The van der Waals surface area contributed by atoms with Crippen molar-refractivity contribution in [3.8, 4) is 0 Å². The van der Waals surface area contributed by atoms with Crippen LogP contribution in [0.15, 0.2) is 24.3 Å². The zero-order valence-electron chi connectivity index (χ0n) is 13.8. The lowest BCUT2D eigenvalue weighted by Gasteiger charge is -2.40. The molecule has 1 fully saturated rings. The van der Waals surface area contributed by atoms with E-state index in [1.165, 1.54) is 0 Å². The Bertz CT molecular complexity index is 501. The summed E-state index contributed by atoms with van der Waals surface area (Å²) < 4.78 is 0. The molecule has 1 amide bonds. The van der Waals surface area contributed by atoms with Gasteiger partial charge in [-0.25, -0.2) is 0 Å². The van der Waals surface area contributed by atoms with Gasteiger partial charge >= 0.3 is 0 Å². The molecule has 0 saturated carbocycles. The van der Waals surface area contributed by atoms with Crippen molar-refractivity contribution in [2.24, 2.45) is 5.92 Å². The largest absolute Gasteiger partial charge is 0.382 e. The number of hydrogen-bond acceptors (Lipinski definition) is 3. The first-order valence-corrected chi connectivity index (χ1v) is 7.67. The lowest BCUT2D eigenvalue weighted by Crippen LogP contribution is -2.48. The van der Waals surface area contributed by atoms with Gasteiger partial charge in [0.25, 0.3) is 5.91 Å². The average Bonchev–Trinajstić information content (AvgIpc) is 2.44. The van der Waals surface area contributed by atoms with E-state index in [0.717, 1.165) is 24.2 Å². The minimum atomic E-state index is 0.0449. The summed E-state index contributed by atoms with van der Waals surface area (Å²) in [5.74, 6) is 0.642. The van der Waals surface area contributed by atoms with Crippen LogP contribution < -0.4 is 5.32 Å². The van der Waals surface area contributed by atoms with Gasteiger partial charge in [-0.3, -0.25) is 4.79 Å². The third-order valence-corrected chi connectivity index (χ3v) is 4.48. The predicted molar refractivity (Wildman–Crippen MR) is 87.7 cm³/mol. The molecule has 21 heavy (non-hydrogen) atoms. The minimum absolute atomic E-state index is 0.0449. The fourth-order valence-electron chi connectivity index (χ4n) is 2.96. The first kappa shape index (κ1) is 15.8. The van der Waals surface area contributed by atoms with Gasteiger partial charge in [-0.05, 0) is 44.5 Å². The number of hydrogen-bond donors (Lipinski definition) is 1. The molecule has 3 unspecified atom stereocenters. The molecule has 1 aliphatic heterocycles. The lowest BCUT2D eigenvalue weighted by molar-refractivity contribution is 0.0827. The first-order chi connectivity index (χ1) is 9.88. The van der Waals surface area contributed by atoms with Crippen LogP contribution in [0.2, 0.25) is 0 Å². The van der Waals surface area contributed by atoms with Crippen LogP contribution in [-0.4, -0.2) is 55.5 Å². The SMILES string of the molecule is CC1CN(C)C(C)CC1Nc1cccc(C(=O)N(C)C)c1. The summed E-state index contributed by atoms with van der Waals surface area (Å²) in [6.07, 6.45) is 1.13. The fraction of sp³-hybridized carbons (Fsp3) is 0.588. The number of likely N-dealkylation sites (tertiary alicyclic amines) is 1. The molecule has 1 aliphatic rings. The molecule has 116 valence electrons. The quantitative estimate of drug-likeness (QED) is 0.929. The Labute approximate surface area is 128 Å². The number of nitrogens with zero attached hydrogens (tertiary/aromatic N) is 2. The molecule has 0 aromatic heterocycles. The van der Waals surface area contributed by atoms with Crippen LogP contribution in [-0.2, 0) is 0 Å². The van der Waals surface area contributed by atoms with Gasteiger partial charge < -0.3 is 15.1 Å². The monoisotopic (exact) mass is 289 g/mol. The summed E-state index contributed by atoms with van der Waals surface area (Å²) in [7, 11) is 5.75. The van der Waals surface area contributed by atoms with Crippen LogP contribution >= 0.6 is 0 Å². The Morgan fingerprint density at radius 1 is 1.33 bits per heavy atom. The number of piperidine rings is 1. The van der Waals surface area contributed by atoms with E-state index in [9.17, 15) is 4.79 Å². The van der Waals surface area contributed by atoms with E-state index in [0.29, 0.717) is 18.0 Å². The van der Waals surface area contributed by atoms with Gasteiger partial charge in [-0.2, -0.15) is 0 Å². The zero-order chi connectivity index (χ0) is 15.6. The van der Waals surface area contributed by atoms with Crippen molar-refractivity contribution in [3.05, 3.63) is 29.8 Å². The molecule has 0 radical (unpaired) electrons. The van der Waals surface area contributed by atoms with Gasteiger partial charge in [-0.1, -0.05) is 13.0 Å². The standard InChI is InChI=1S/C17H27N3O/c1-12-11-20(5)13(2)9-16(12)18-15-8-6-7-14(10-15)17(21)19(3)4/h6-8,10,12-13,16,18H,9,11H2,1-5H3. The molecule has 1 N–H and O–H groups in total. The number of carbonyl (C=O) groups is 1. The number of nitrogens with one attached hydrogen (secondary N) is 1. The average molecular weight is 289 g/mol. The van der Waals surface area contributed by atoms with Crippen molar-refractivity contribution >= 4 is 11.6 Å². The number of carbonyl (C=O) groups excluding carboxylic acids is 1. The molecule has 1 aromatic rings. The summed E-state index contributed by atoms with van der Waals surface area (Å²) in [6.45, 7) is 5.66. The Hall–Kier alpha value is -1.55. The predicted octanol–water partition coefficient (Wildman–Crippen LogP) is 2.53. The number of amides is 1. The smallest absolute Gasteiger partial charge is 0.253 e. The maximum absolute atomic E-state index is 12.0. The zero-order valence-corrected chi connectivity index (χ0v) is 13.8. The number of rotatable bonds is 3. The molecular formula is C17H27N3O. The van der Waals surface area contributed by atoms with Crippen molar-refractivity contribution in [3.63, 3.8) is 0 Å². The molecule has 4 nitrogen and oxygen atoms in total. The minimum Gasteiger partial charge on any atom is -0.382 e. The Balaban J connectivity index is 2.09. The van der Waals surface area contributed by atoms with E-state index in [1.54, 1.807) is 19.0 Å². The maximum Gasteiger partial charge on any atom is 0.253 e. The molecule has 4 heteroatoms. The highest BCUT2D eigenvalue weighted by molar-refractivity contribution is 5.94. The van der Waals surface area contributed by atoms with Crippen LogP contribution in [0, 0.1) is 5.92 Å². The van der Waals surface area contributed by atoms with Gasteiger partial charge in [0.05, 0.1) is 0 Å². The highest BCUT2D eigenvalue weighted by Crippen LogP contribution is 2.24. The van der Waals surface area contributed by atoms with E-state index in [4.69, 9.17) is 0 Å². The molecule has 1 saturated heterocycles. The van der Waals surface area contributed by atoms with E-state index < -0.39 is 0 Å². The highest BCUT2D eigenvalue weighted by atomic mass is 16.2. The Kier molecular flexibility index (Phi) is 4.88. The topological polar surface area (TPSA) is 35.6 Å². The summed E-state index contributed by atoms with van der Waals surface area (Å²) in [5, 5.41) is 3.62. The molecular weight excluding hydrogens is 262 g/mol. The number of anilines is 1. The second-order valence-electron chi connectivity index (χ2n) is 6.53. The first-order valence-electron chi connectivity index (χ1n) is 7.67. The molecule has 0 bridgehead atoms. The molecule has 1 aromatic carbocycles. The third kappa shape index (κ3) is 3.76. The van der Waals surface area contributed by atoms with Gasteiger partial charge in [0, 0.05) is 44.0 Å². The van der Waals surface area contributed by atoms with Crippen LogP contribution in [0.3, 0.4) is 0 Å². The van der Waals surface area contributed by atoms with Crippen molar-refractivity contribution in [1.82, 2.24) is 9.80 Å². The summed E-state index contributed by atoms with van der Waals surface area (Å²) >= 11 is 0. The maximum atomic E-state index is 12.0. The molecule has 3 atom stereocenters. The van der Waals surface area contributed by atoms with Crippen molar-refractivity contribution in [1.29, 1.82) is 0 Å². The molecule has 0 aliphatic carbocycles. The van der Waals surface area contributed by atoms with E-state index in [1.807, 2.05) is 24.3 Å². The normalized spacial score (nSPS) is 26.4. The van der Waals surface area contributed by atoms with Gasteiger partial charge in [0.15, 0.2) is 0 Å². The summed E-state index contributed by atoms with van der Waals surface area (Å²) in [5.41, 5.74) is 1.77.